The fraction of sp³-hybridized carbons (Fsp3) is 0.533. The van der Waals surface area contributed by atoms with Gasteiger partial charge in [-0.1, -0.05) is 25.8 Å². The highest BCUT2D eigenvalue weighted by Gasteiger charge is 2.25. The van der Waals surface area contributed by atoms with E-state index >= 15 is 0 Å². The molecule has 1 fully saturated rings. The third-order valence-corrected chi connectivity index (χ3v) is 4.45. The van der Waals surface area contributed by atoms with Crippen molar-refractivity contribution >= 4 is 17.0 Å². The fourth-order valence-electron chi connectivity index (χ4n) is 3.22. The van der Waals surface area contributed by atoms with Gasteiger partial charge in [-0.25, -0.2) is 4.98 Å². The van der Waals surface area contributed by atoms with Gasteiger partial charge < -0.3 is 15.0 Å². The number of anilines is 1. The van der Waals surface area contributed by atoms with E-state index in [4.69, 9.17) is 10.5 Å². The van der Waals surface area contributed by atoms with Gasteiger partial charge in [-0.15, -0.1) is 0 Å². The Labute approximate surface area is 113 Å². The highest BCUT2D eigenvalue weighted by molar-refractivity contribution is 5.84. The van der Waals surface area contributed by atoms with Gasteiger partial charge in [-0.05, 0) is 30.4 Å². The highest BCUT2D eigenvalue weighted by atomic mass is 16.5. The summed E-state index contributed by atoms with van der Waals surface area (Å²) < 4.78 is 7.50. The molecular weight excluding hydrogens is 238 g/mol. The zero-order valence-electron chi connectivity index (χ0n) is 11.6. The Balaban J connectivity index is 2.01. The molecule has 0 bridgehead atoms. The van der Waals surface area contributed by atoms with E-state index in [1.807, 2.05) is 12.1 Å². The van der Waals surface area contributed by atoms with E-state index in [9.17, 15) is 0 Å². The smallest absolute Gasteiger partial charge is 0.201 e. The summed E-state index contributed by atoms with van der Waals surface area (Å²) in [5, 5.41) is 0. The van der Waals surface area contributed by atoms with Crippen LogP contribution in [0.1, 0.15) is 26.2 Å². The van der Waals surface area contributed by atoms with Crippen LogP contribution >= 0.6 is 0 Å². The molecule has 2 atom stereocenters. The number of fused-ring (bicyclic) bond motifs is 1. The average Bonchev–Trinajstić information content (AvgIpc) is 2.95. The molecule has 4 nitrogen and oxygen atoms in total. The van der Waals surface area contributed by atoms with Gasteiger partial charge in [0.05, 0.1) is 12.6 Å². The van der Waals surface area contributed by atoms with Crippen molar-refractivity contribution in [2.24, 2.45) is 11.8 Å². The van der Waals surface area contributed by atoms with Gasteiger partial charge in [0.2, 0.25) is 5.95 Å². The minimum absolute atomic E-state index is 0.596. The quantitative estimate of drug-likeness (QED) is 0.921. The summed E-state index contributed by atoms with van der Waals surface area (Å²) in [5.74, 6) is 2.88. The van der Waals surface area contributed by atoms with Crippen LogP contribution in [0.3, 0.4) is 0 Å². The lowest BCUT2D eigenvalue weighted by Crippen LogP contribution is -2.14. The highest BCUT2D eigenvalue weighted by Crippen LogP contribution is 2.35. The molecule has 2 N–H and O–H groups in total. The second-order valence-electron chi connectivity index (χ2n) is 5.58. The van der Waals surface area contributed by atoms with Crippen LogP contribution in [-0.2, 0) is 6.54 Å². The van der Waals surface area contributed by atoms with Crippen molar-refractivity contribution in [2.75, 3.05) is 12.8 Å². The standard InChI is InChI=1S/C15H21N3O/c1-10-5-3-6-11(10)9-18-12-7-4-8-13(19-2)14(12)17-15(18)16/h4,7-8,10-11H,3,5-6,9H2,1-2H3,(H2,16,17). The number of nitrogens with zero attached hydrogens (tertiary/aromatic N) is 2. The summed E-state index contributed by atoms with van der Waals surface area (Å²) in [6.07, 6.45) is 3.96. The summed E-state index contributed by atoms with van der Waals surface area (Å²) in [7, 11) is 1.67. The molecule has 0 spiro atoms. The number of nitrogens with two attached hydrogens (primary N) is 1. The maximum absolute atomic E-state index is 6.10. The molecule has 3 rings (SSSR count). The number of para-hydroxylation sites is 1. The number of benzene rings is 1. The molecule has 1 heterocycles. The van der Waals surface area contributed by atoms with Crippen molar-refractivity contribution in [1.29, 1.82) is 0 Å². The van der Waals surface area contributed by atoms with Gasteiger partial charge in [-0.3, -0.25) is 0 Å². The molecular formula is C15H21N3O. The van der Waals surface area contributed by atoms with Crippen LogP contribution in [-0.4, -0.2) is 16.7 Å². The first-order valence-electron chi connectivity index (χ1n) is 6.99. The van der Waals surface area contributed by atoms with Crippen LogP contribution < -0.4 is 10.5 Å². The number of rotatable bonds is 3. The summed E-state index contributed by atoms with van der Waals surface area (Å²) in [6.45, 7) is 3.31. The third-order valence-electron chi connectivity index (χ3n) is 4.45. The summed E-state index contributed by atoms with van der Waals surface area (Å²) in [5.41, 5.74) is 8.05. The van der Waals surface area contributed by atoms with E-state index in [2.05, 4.69) is 22.5 Å². The zero-order valence-corrected chi connectivity index (χ0v) is 11.6. The van der Waals surface area contributed by atoms with E-state index < -0.39 is 0 Å². The lowest BCUT2D eigenvalue weighted by molar-refractivity contribution is 0.370. The second kappa shape index (κ2) is 4.76. The molecule has 1 aliphatic carbocycles. The Bertz CT molecular complexity index is 590. The molecule has 0 aliphatic heterocycles. The predicted molar refractivity (Wildman–Crippen MR) is 77.2 cm³/mol. The summed E-state index contributed by atoms with van der Waals surface area (Å²) >= 11 is 0. The van der Waals surface area contributed by atoms with Crippen LogP contribution in [0.5, 0.6) is 5.75 Å². The van der Waals surface area contributed by atoms with Gasteiger partial charge in [-0.2, -0.15) is 0 Å². The van der Waals surface area contributed by atoms with Crippen molar-refractivity contribution in [3.8, 4) is 5.75 Å². The molecule has 102 valence electrons. The maximum atomic E-state index is 6.10. The molecule has 0 radical (unpaired) electrons. The Kier molecular flexibility index (Phi) is 3.09. The van der Waals surface area contributed by atoms with Gasteiger partial charge in [0.25, 0.3) is 0 Å². The van der Waals surface area contributed by atoms with Crippen molar-refractivity contribution < 1.29 is 4.74 Å². The van der Waals surface area contributed by atoms with Crippen molar-refractivity contribution in [1.82, 2.24) is 9.55 Å². The molecule has 1 aromatic carbocycles. The third kappa shape index (κ3) is 2.05. The first-order chi connectivity index (χ1) is 9.20. The van der Waals surface area contributed by atoms with E-state index in [1.54, 1.807) is 7.11 Å². The summed E-state index contributed by atoms with van der Waals surface area (Å²) in [4.78, 5) is 4.47. The minimum Gasteiger partial charge on any atom is -0.494 e. The molecule has 0 saturated heterocycles. The largest absolute Gasteiger partial charge is 0.494 e. The van der Waals surface area contributed by atoms with Crippen molar-refractivity contribution in [3.63, 3.8) is 0 Å². The van der Waals surface area contributed by atoms with E-state index in [0.29, 0.717) is 11.9 Å². The lowest BCUT2D eigenvalue weighted by Gasteiger charge is -2.17. The fourth-order valence-corrected chi connectivity index (χ4v) is 3.22. The number of nitrogen functional groups attached to an aromatic ring is 1. The van der Waals surface area contributed by atoms with E-state index in [0.717, 1.165) is 29.2 Å². The molecule has 1 aromatic heterocycles. The molecule has 2 unspecified atom stereocenters. The number of methoxy groups -OCH3 is 1. The van der Waals surface area contributed by atoms with Crippen molar-refractivity contribution in [2.45, 2.75) is 32.7 Å². The Morgan fingerprint density at radius 3 is 2.95 bits per heavy atom. The summed E-state index contributed by atoms with van der Waals surface area (Å²) in [6, 6.07) is 6.00. The Hall–Kier alpha value is -1.71. The first kappa shape index (κ1) is 12.3. The molecule has 19 heavy (non-hydrogen) atoms. The molecule has 2 aromatic rings. The average molecular weight is 259 g/mol. The Morgan fingerprint density at radius 1 is 1.42 bits per heavy atom. The maximum Gasteiger partial charge on any atom is 0.201 e. The molecule has 1 aliphatic rings. The predicted octanol–water partition coefficient (Wildman–Crippen LogP) is 3.06. The topological polar surface area (TPSA) is 53.1 Å². The normalized spacial score (nSPS) is 23.1. The number of ether oxygens (including phenoxy) is 1. The molecule has 0 amide bonds. The van der Waals surface area contributed by atoms with Crippen LogP contribution in [0.25, 0.3) is 11.0 Å². The van der Waals surface area contributed by atoms with Crippen LogP contribution in [0.2, 0.25) is 0 Å². The van der Waals surface area contributed by atoms with E-state index in [1.165, 1.54) is 19.3 Å². The molecule has 1 saturated carbocycles. The molecule has 4 heteroatoms. The van der Waals surface area contributed by atoms with Gasteiger partial charge in [0.1, 0.15) is 11.3 Å². The van der Waals surface area contributed by atoms with Gasteiger partial charge in [0, 0.05) is 6.54 Å². The SMILES string of the molecule is COc1cccc2c1nc(N)n2CC1CCCC1C. The number of aromatic nitrogens is 2. The number of hydrogen-bond acceptors (Lipinski definition) is 3. The van der Waals surface area contributed by atoms with Crippen LogP contribution in [0.15, 0.2) is 18.2 Å². The van der Waals surface area contributed by atoms with Gasteiger partial charge >= 0.3 is 0 Å². The first-order valence-corrected chi connectivity index (χ1v) is 6.99. The monoisotopic (exact) mass is 259 g/mol. The lowest BCUT2D eigenvalue weighted by atomic mass is 9.98. The Morgan fingerprint density at radius 2 is 2.26 bits per heavy atom. The zero-order chi connectivity index (χ0) is 13.4. The van der Waals surface area contributed by atoms with Crippen molar-refractivity contribution in [3.05, 3.63) is 18.2 Å². The second-order valence-corrected chi connectivity index (χ2v) is 5.58. The van der Waals surface area contributed by atoms with E-state index in [-0.39, 0.29) is 0 Å². The number of imidazole rings is 1. The minimum atomic E-state index is 0.596. The van der Waals surface area contributed by atoms with Crippen LogP contribution in [0, 0.1) is 11.8 Å². The van der Waals surface area contributed by atoms with Crippen LogP contribution in [0.4, 0.5) is 5.95 Å². The van der Waals surface area contributed by atoms with Gasteiger partial charge in [0.15, 0.2) is 0 Å². The number of hydrogen-bond donors (Lipinski definition) is 1.